The zero-order chi connectivity index (χ0) is 19.7. The maximum absolute atomic E-state index is 12.5. The SMILES string of the molecule is C[C@H](NC(=O)c1ccc(COc2cccc([N+](=O)[O-])c2)o1)[C@H]1C[C@@H]2CC[C@@H]1C2. The van der Waals surface area contributed by atoms with Crippen LogP contribution in [0.3, 0.4) is 0 Å². The standard InChI is InChI=1S/C21H24N2O5/c1-13(19-10-14-5-6-15(19)9-14)22-21(24)20-8-7-18(28-20)12-27-17-4-2-3-16(11-17)23(25)26/h2-4,7-8,11,13-15,19H,5-6,9-10,12H2,1H3,(H,22,24)/t13-,14+,15+,19+/m0/s1. The second kappa shape index (κ2) is 7.66. The number of hydrogen-bond donors (Lipinski definition) is 1. The highest BCUT2D eigenvalue weighted by molar-refractivity contribution is 5.91. The van der Waals surface area contributed by atoms with Crippen LogP contribution >= 0.6 is 0 Å². The lowest BCUT2D eigenvalue weighted by atomic mass is 9.84. The molecule has 0 spiro atoms. The van der Waals surface area contributed by atoms with Crippen molar-refractivity contribution in [2.45, 2.75) is 45.3 Å². The van der Waals surface area contributed by atoms with Crippen molar-refractivity contribution in [2.75, 3.05) is 0 Å². The molecule has 2 aliphatic rings. The molecule has 1 heterocycles. The van der Waals surface area contributed by atoms with Crippen LogP contribution in [0, 0.1) is 27.9 Å². The van der Waals surface area contributed by atoms with Crippen molar-refractivity contribution in [1.82, 2.24) is 5.32 Å². The van der Waals surface area contributed by atoms with Gasteiger partial charge in [-0.2, -0.15) is 0 Å². The molecule has 2 bridgehead atoms. The first-order valence-electron chi connectivity index (χ1n) is 9.76. The van der Waals surface area contributed by atoms with Gasteiger partial charge in [-0.15, -0.1) is 0 Å². The van der Waals surface area contributed by atoms with Crippen LogP contribution in [0.1, 0.15) is 48.9 Å². The van der Waals surface area contributed by atoms with Gasteiger partial charge >= 0.3 is 0 Å². The second-order valence-corrected chi connectivity index (χ2v) is 7.91. The number of fused-ring (bicyclic) bond motifs is 2. The van der Waals surface area contributed by atoms with Crippen LogP contribution in [0.2, 0.25) is 0 Å². The van der Waals surface area contributed by atoms with Crippen molar-refractivity contribution in [2.24, 2.45) is 17.8 Å². The van der Waals surface area contributed by atoms with E-state index in [-0.39, 0.29) is 30.0 Å². The van der Waals surface area contributed by atoms with Crippen LogP contribution in [-0.4, -0.2) is 16.9 Å². The van der Waals surface area contributed by atoms with E-state index < -0.39 is 4.92 Å². The summed E-state index contributed by atoms with van der Waals surface area (Å²) >= 11 is 0. The third-order valence-corrected chi connectivity index (χ3v) is 6.09. The van der Waals surface area contributed by atoms with Gasteiger partial charge in [0.2, 0.25) is 0 Å². The lowest BCUT2D eigenvalue weighted by Crippen LogP contribution is -2.40. The summed E-state index contributed by atoms with van der Waals surface area (Å²) in [7, 11) is 0. The number of nitrogens with one attached hydrogen (secondary N) is 1. The van der Waals surface area contributed by atoms with E-state index in [0.717, 1.165) is 11.8 Å². The molecule has 0 aliphatic heterocycles. The molecule has 1 N–H and O–H groups in total. The molecule has 1 amide bonds. The van der Waals surface area contributed by atoms with Gasteiger partial charge in [0.15, 0.2) is 5.76 Å². The van der Waals surface area contributed by atoms with Crippen LogP contribution in [-0.2, 0) is 6.61 Å². The van der Waals surface area contributed by atoms with Gasteiger partial charge in [0.05, 0.1) is 11.0 Å². The summed E-state index contributed by atoms with van der Waals surface area (Å²) in [6.45, 7) is 2.18. The van der Waals surface area contributed by atoms with E-state index in [4.69, 9.17) is 9.15 Å². The molecule has 2 fully saturated rings. The first-order valence-corrected chi connectivity index (χ1v) is 9.76. The van der Waals surface area contributed by atoms with Gasteiger partial charge < -0.3 is 14.5 Å². The summed E-state index contributed by atoms with van der Waals surface area (Å²) < 4.78 is 11.1. The van der Waals surface area contributed by atoms with Crippen LogP contribution < -0.4 is 10.1 Å². The third kappa shape index (κ3) is 3.88. The molecule has 2 aromatic rings. The molecule has 0 saturated heterocycles. The average molecular weight is 384 g/mol. The first kappa shape index (κ1) is 18.5. The van der Waals surface area contributed by atoms with E-state index in [0.29, 0.717) is 17.4 Å². The molecule has 148 valence electrons. The number of non-ortho nitro benzene ring substituents is 1. The van der Waals surface area contributed by atoms with Crippen molar-refractivity contribution < 1.29 is 18.9 Å². The Kier molecular flexibility index (Phi) is 5.07. The number of furan rings is 1. The predicted octanol–water partition coefficient (Wildman–Crippen LogP) is 4.32. The summed E-state index contributed by atoms with van der Waals surface area (Å²) in [4.78, 5) is 22.8. The number of rotatable bonds is 7. The van der Waals surface area contributed by atoms with Gasteiger partial charge in [-0.05, 0) is 62.1 Å². The Balaban J connectivity index is 1.31. The van der Waals surface area contributed by atoms with Crippen molar-refractivity contribution in [3.05, 3.63) is 58.0 Å². The van der Waals surface area contributed by atoms with E-state index >= 15 is 0 Å². The van der Waals surface area contributed by atoms with Crippen LogP contribution in [0.25, 0.3) is 0 Å². The van der Waals surface area contributed by atoms with Crippen molar-refractivity contribution in [1.29, 1.82) is 0 Å². The monoisotopic (exact) mass is 384 g/mol. The minimum Gasteiger partial charge on any atom is -0.485 e. The minimum absolute atomic E-state index is 0.0355. The van der Waals surface area contributed by atoms with Crippen LogP contribution in [0.4, 0.5) is 5.69 Å². The minimum atomic E-state index is -0.473. The number of nitro benzene ring substituents is 1. The largest absolute Gasteiger partial charge is 0.485 e. The van der Waals surface area contributed by atoms with Gasteiger partial charge in [0.1, 0.15) is 18.1 Å². The lowest BCUT2D eigenvalue weighted by molar-refractivity contribution is -0.384. The molecule has 2 saturated carbocycles. The fourth-order valence-corrected chi connectivity index (χ4v) is 4.71. The summed E-state index contributed by atoms with van der Waals surface area (Å²) in [6, 6.07) is 9.42. The molecule has 2 aliphatic carbocycles. The zero-order valence-corrected chi connectivity index (χ0v) is 15.8. The number of carbonyl (C=O) groups is 1. The molecule has 7 nitrogen and oxygen atoms in total. The van der Waals surface area contributed by atoms with Gasteiger partial charge in [-0.25, -0.2) is 0 Å². The fourth-order valence-electron chi connectivity index (χ4n) is 4.71. The third-order valence-electron chi connectivity index (χ3n) is 6.09. The highest BCUT2D eigenvalue weighted by atomic mass is 16.6. The maximum atomic E-state index is 12.5. The van der Waals surface area contributed by atoms with Crippen LogP contribution in [0.5, 0.6) is 5.75 Å². The van der Waals surface area contributed by atoms with E-state index in [1.54, 1.807) is 24.3 Å². The van der Waals surface area contributed by atoms with E-state index in [1.165, 1.54) is 37.8 Å². The molecule has 7 heteroatoms. The van der Waals surface area contributed by atoms with Crippen LogP contribution in [0.15, 0.2) is 40.8 Å². The van der Waals surface area contributed by atoms with Gasteiger partial charge in [0.25, 0.3) is 11.6 Å². The molecule has 0 unspecified atom stereocenters. The predicted molar refractivity (Wildman–Crippen MR) is 102 cm³/mol. The quantitative estimate of drug-likeness (QED) is 0.567. The number of nitrogens with zero attached hydrogens (tertiary/aromatic N) is 1. The molecule has 4 atom stereocenters. The number of carbonyl (C=O) groups excluding carboxylic acids is 1. The summed E-state index contributed by atoms with van der Waals surface area (Å²) in [5.41, 5.74) is -0.0355. The molecule has 1 aromatic carbocycles. The number of benzene rings is 1. The summed E-state index contributed by atoms with van der Waals surface area (Å²) in [5, 5.41) is 13.9. The van der Waals surface area contributed by atoms with Gasteiger partial charge in [-0.3, -0.25) is 14.9 Å². The molecule has 4 rings (SSSR count). The summed E-state index contributed by atoms with van der Waals surface area (Å²) in [5.74, 6) is 3.07. The Bertz CT molecular complexity index is 877. The van der Waals surface area contributed by atoms with Gasteiger partial charge in [0, 0.05) is 12.1 Å². The zero-order valence-electron chi connectivity index (χ0n) is 15.8. The Hall–Kier alpha value is -2.83. The Morgan fingerprint density at radius 2 is 2.18 bits per heavy atom. The van der Waals surface area contributed by atoms with E-state index in [9.17, 15) is 14.9 Å². The lowest BCUT2D eigenvalue weighted by Gasteiger charge is -2.28. The smallest absolute Gasteiger partial charge is 0.287 e. The number of hydrogen-bond acceptors (Lipinski definition) is 5. The van der Waals surface area contributed by atoms with E-state index in [2.05, 4.69) is 12.2 Å². The number of nitro groups is 1. The second-order valence-electron chi connectivity index (χ2n) is 7.91. The van der Waals surface area contributed by atoms with E-state index in [1.807, 2.05) is 0 Å². The Labute approximate surface area is 163 Å². The topological polar surface area (TPSA) is 94.6 Å². The van der Waals surface area contributed by atoms with Gasteiger partial charge in [-0.1, -0.05) is 12.5 Å². The summed E-state index contributed by atoms with van der Waals surface area (Å²) in [6.07, 6.45) is 5.15. The van der Waals surface area contributed by atoms with Crippen molar-refractivity contribution in [3.63, 3.8) is 0 Å². The van der Waals surface area contributed by atoms with Crippen molar-refractivity contribution >= 4 is 11.6 Å². The first-order chi connectivity index (χ1) is 13.5. The highest BCUT2D eigenvalue weighted by Crippen LogP contribution is 2.49. The maximum Gasteiger partial charge on any atom is 0.287 e. The molecular formula is C21H24N2O5. The number of ether oxygens (including phenoxy) is 1. The Morgan fingerprint density at radius 3 is 2.89 bits per heavy atom. The normalized spacial score (nSPS) is 24.1. The molecule has 0 radical (unpaired) electrons. The molecule has 1 aromatic heterocycles. The molecular weight excluding hydrogens is 360 g/mol. The average Bonchev–Trinajstić information content (AvgIpc) is 3.43. The fraction of sp³-hybridized carbons (Fsp3) is 0.476. The molecule has 28 heavy (non-hydrogen) atoms. The van der Waals surface area contributed by atoms with Crippen molar-refractivity contribution in [3.8, 4) is 5.75 Å². The highest BCUT2D eigenvalue weighted by Gasteiger charge is 2.42. The number of amides is 1. The Morgan fingerprint density at radius 1 is 1.32 bits per heavy atom.